The lowest BCUT2D eigenvalue weighted by Crippen LogP contribution is -2.41. The average molecular weight is 310 g/mol. The first-order valence-corrected chi connectivity index (χ1v) is 6.73. The molecule has 9 nitrogen and oxygen atoms in total. The van der Waals surface area contributed by atoms with E-state index in [-0.39, 0.29) is 30.6 Å². The Morgan fingerprint density at radius 3 is 2.55 bits per heavy atom. The van der Waals surface area contributed by atoms with Crippen LogP contribution in [0.2, 0.25) is 0 Å². The van der Waals surface area contributed by atoms with E-state index in [4.69, 9.17) is 0 Å². The molecule has 9 heteroatoms. The van der Waals surface area contributed by atoms with Gasteiger partial charge in [0.2, 0.25) is 5.79 Å². The van der Waals surface area contributed by atoms with Gasteiger partial charge in [0, 0.05) is 34.0 Å². The summed E-state index contributed by atoms with van der Waals surface area (Å²) in [7, 11) is 3.15. The normalized spacial score (nSPS) is 12.0. The monoisotopic (exact) mass is 310 g/mol. The number of Topliss-reactive ketones (excluding diaryl/α,β-unsaturated/α-hetero) is 1. The fourth-order valence-corrected chi connectivity index (χ4v) is 2.25. The van der Waals surface area contributed by atoms with Crippen molar-refractivity contribution >= 4 is 16.9 Å². The van der Waals surface area contributed by atoms with E-state index in [2.05, 4.69) is 4.98 Å². The molecule has 0 spiro atoms. The Labute approximate surface area is 125 Å². The molecule has 0 amide bonds. The standard InChI is InChI=1S/C13H18N4O5/c1-8(18)13(21,22)5-4-6-17-11(19)9-10(14-7-15(9)2)16(3)12(17)20/h7,21-22H,4-6H2,1-3H3. The van der Waals surface area contributed by atoms with Crippen molar-refractivity contribution in [3.8, 4) is 0 Å². The van der Waals surface area contributed by atoms with Gasteiger partial charge in [0.25, 0.3) is 5.56 Å². The molecule has 0 atom stereocenters. The Kier molecular flexibility index (Phi) is 4.03. The highest BCUT2D eigenvalue weighted by atomic mass is 16.5. The first-order valence-electron chi connectivity index (χ1n) is 6.73. The van der Waals surface area contributed by atoms with Crippen molar-refractivity contribution in [3.05, 3.63) is 27.2 Å². The molecule has 0 fully saturated rings. The minimum atomic E-state index is -2.44. The Balaban J connectivity index is 2.37. The van der Waals surface area contributed by atoms with Gasteiger partial charge in [-0.3, -0.25) is 18.7 Å². The minimum Gasteiger partial charge on any atom is -0.360 e. The van der Waals surface area contributed by atoms with Crippen molar-refractivity contribution < 1.29 is 15.0 Å². The number of rotatable bonds is 5. The number of carbonyl (C=O) groups excluding carboxylic acids is 1. The van der Waals surface area contributed by atoms with Gasteiger partial charge < -0.3 is 14.8 Å². The van der Waals surface area contributed by atoms with Crippen molar-refractivity contribution in [2.24, 2.45) is 14.1 Å². The SMILES string of the molecule is CC(=O)C(O)(O)CCCn1c(=O)c2c(ncn2C)n(C)c1=O. The third kappa shape index (κ3) is 2.60. The second-order valence-corrected chi connectivity index (χ2v) is 5.30. The van der Waals surface area contributed by atoms with Crippen LogP contribution in [0, 0.1) is 0 Å². The fraction of sp³-hybridized carbons (Fsp3) is 0.538. The number of ketones is 1. The summed E-state index contributed by atoms with van der Waals surface area (Å²) in [6, 6.07) is 0. The van der Waals surface area contributed by atoms with Gasteiger partial charge in [-0.05, 0) is 6.42 Å². The molecule has 2 aromatic heterocycles. The van der Waals surface area contributed by atoms with E-state index in [1.165, 1.54) is 22.5 Å². The lowest BCUT2D eigenvalue weighted by molar-refractivity contribution is -0.183. The van der Waals surface area contributed by atoms with Gasteiger partial charge in [-0.15, -0.1) is 0 Å². The molecule has 2 aromatic rings. The van der Waals surface area contributed by atoms with Crippen LogP contribution in [-0.4, -0.2) is 40.5 Å². The number of aromatic nitrogens is 4. The van der Waals surface area contributed by atoms with Gasteiger partial charge in [-0.2, -0.15) is 0 Å². The molecule has 2 rings (SSSR count). The summed E-state index contributed by atoms with van der Waals surface area (Å²) in [5.41, 5.74) is -0.466. The second-order valence-electron chi connectivity index (χ2n) is 5.30. The quantitative estimate of drug-likeness (QED) is 0.648. The molecule has 2 heterocycles. The molecule has 120 valence electrons. The highest BCUT2D eigenvalue weighted by Gasteiger charge is 2.28. The molecule has 0 saturated carbocycles. The summed E-state index contributed by atoms with van der Waals surface area (Å²) < 4.78 is 3.78. The van der Waals surface area contributed by atoms with Gasteiger partial charge in [-0.25, -0.2) is 9.78 Å². The van der Waals surface area contributed by atoms with Crippen LogP contribution in [0.25, 0.3) is 11.2 Å². The number of imidazole rings is 1. The van der Waals surface area contributed by atoms with Crippen molar-refractivity contribution in [2.45, 2.75) is 32.1 Å². The fourth-order valence-electron chi connectivity index (χ4n) is 2.25. The molecule has 0 saturated heterocycles. The van der Waals surface area contributed by atoms with Crippen LogP contribution >= 0.6 is 0 Å². The zero-order valence-corrected chi connectivity index (χ0v) is 12.6. The van der Waals surface area contributed by atoms with Crippen LogP contribution in [0.5, 0.6) is 0 Å². The predicted octanol–water partition coefficient (Wildman–Crippen LogP) is -1.52. The number of fused-ring (bicyclic) bond motifs is 1. The first kappa shape index (κ1) is 16.1. The molecule has 0 aliphatic carbocycles. The van der Waals surface area contributed by atoms with Crippen LogP contribution in [0.4, 0.5) is 0 Å². The number of carbonyl (C=O) groups is 1. The van der Waals surface area contributed by atoms with E-state index in [1.54, 1.807) is 7.05 Å². The number of aryl methyl sites for hydroxylation is 2. The van der Waals surface area contributed by atoms with Crippen LogP contribution in [0.1, 0.15) is 19.8 Å². The van der Waals surface area contributed by atoms with Crippen molar-refractivity contribution in [1.82, 2.24) is 18.7 Å². The van der Waals surface area contributed by atoms with E-state index in [9.17, 15) is 24.6 Å². The van der Waals surface area contributed by atoms with E-state index >= 15 is 0 Å². The third-order valence-electron chi connectivity index (χ3n) is 3.67. The maximum atomic E-state index is 12.4. The number of hydrogen-bond donors (Lipinski definition) is 2. The lowest BCUT2D eigenvalue weighted by Gasteiger charge is -2.18. The van der Waals surface area contributed by atoms with Crippen LogP contribution in [0.15, 0.2) is 15.9 Å². The van der Waals surface area contributed by atoms with Gasteiger partial charge in [-0.1, -0.05) is 0 Å². The van der Waals surface area contributed by atoms with Crippen LogP contribution < -0.4 is 11.2 Å². The summed E-state index contributed by atoms with van der Waals surface area (Å²) >= 11 is 0. The molecular weight excluding hydrogens is 292 g/mol. The Hall–Kier alpha value is -2.26. The first-order chi connectivity index (χ1) is 10.2. The highest BCUT2D eigenvalue weighted by molar-refractivity contribution is 5.82. The summed E-state index contributed by atoms with van der Waals surface area (Å²) in [5.74, 6) is -3.22. The summed E-state index contributed by atoms with van der Waals surface area (Å²) in [6.45, 7) is 1.04. The van der Waals surface area contributed by atoms with Crippen LogP contribution in [0.3, 0.4) is 0 Å². The maximum absolute atomic E-state index is 12.4. The molecule has 0 unspecified atom stereocenters. The molecule has 2 N–H and O–H groups in total. The molecule has 22 heavy (non-hydrogen) atoms. The largest absolute Gasteiger partial charge is 0.360 e. The maximum Gasteiger partial charge on any atom is 0.332 e. The number of aliphatic hydroxyl groups is 2. The minimum absolute atomic E-state index is 0.0250. The summed E-state index contributed by atoms with van der Waals surface area (Å²) in [4.78, 5) is 39.6. The average Bonchev–Trinajstić information content (AvgIpc) is 2.82. The topological polar surface area (TPSA) is 119 Å². The zero-order valence-electron chi connectivity index (χ0n) is 12.6. The van der Waals surface area contributed by atoms with Gasteiger partial charge in [0.05, 0.1) is 6.33 Å². The van der Waals surface area contributed by atoms with Gasteiger partial charge >= 0.3 is 5.69 Å². The Morgan fingerprint density at radius 1 is 1.32 bits per heavy atom. The van der Waals surface area contributed by atoms with E-state index < -0.39 is 22.8 Å². The highest BCUT2D eigenvalue weighted by Crippen LogP contribution is 2.11. The third-order valence-corrected chi connectivity index (χ3v) is 3.67. The Bertz CT molecular complexity index is 842. The molecule has 0 aliphatic rings. The molecule has 0 radical (unpaired) electrons. The predicted molar refractivity (Wildman–Crippen MR) is 77.3 cm³/mol. The second kappa shape index (κ2) is 5.50. The van der Waals surface area contributed by atoms with Crippen molar-refractivity contribution in [3.63, 3.8) is 0 Å². The van der Waals surface area contributed by atoms with Crippen molar-refractivity contribution in [2.75, 3.05) is 0 Å². The lowest BCUT2D eigenvalue weighted by atomic mass is 10.1. The van der Waals surface area contributed by atoms with Gasteiger partial charge in [0.1, 0.15) is 0 Å². The smallest absolute Gasteiger partial charge is 0.332 e. The zero-order chi connectivity index (χ0) is 16.7. The Morgan fingerprint density at radius 2 is 1.95 bits per heavy atom. The summed E-state index contributed by atoms with van der Waals surface area (Å²) in [6.07, 6.45) is 1.27. The number of hydrogen-bond acceptors (Lipinski definition) is 6. The van der Waals surface area contributed by atoms with Crippen LogP contribution in [-0.2, 0) is 25.4 Å². The molecule has 0 aromatic carbocycles. The number of nitrogens with zero attached hydrogens (tertiary/aromatic N) is 4. The van der Waals surface area contributed by atoms with Crippen molar-refractivity contribution in [1.29, 1.82) is 0 Å². The molecule has 0 bridgehead atoms. The molecule has 0 aliphatic heterocycles. The van der Waals surface area contributed by atoms with E-state index in [1.807, 2.05) is 0 Å². The van der Waals surface area contributed by atoms with E-state index in [0.29, 0.717) is 0 Å². The van der Waals surface area contributed by atoms with E-state index in [0.717, 1.165) is 11.5 Å². The summed E-state index contributed by atoms with van der Waals surface area (Å²) in [5, 5.41) is 18.9. The van der Waals surface area contributed by atoms with Gasteiger partial charge in [0.15, 0.2) is 16.9 Å². The molecular formula is C13H18N4O5.